The highest BCUT2D eigenvalue weighted by Gasteiger charge is 2.36. The van der Waals surface area contributed by atoms with E-state index >= 15 is 0 Å². The Hall–Kier alpha value is -0.860. The van der Waals surface area contributed by atoms with E-state index in [1.165, 1.54) is 50.7 Å². The second-order valence-electron chi connectivity index (χ2n) is 5.88. The highest BCUT2D eigenvalue weighted by atomic mass is 16.2. The first-order chi connectivity index (χ1) is 8.79. The standard InChI is InChI=1S/C15H26N2O/c1-2-3-4-5-6-7-15(18)17-16-14-11-12-8-9-13(14)10-12/h12-13H,2-11H2,1H3,(H,17,18)/b16-14-. The third-order valence-electron chi connectivity index (χ3n) is 4.34. The highest BCUT2D eigenvalue weighted by molar-refractivity contribution is 5.90. The molecule has 2 atom stereocenters. The first kappa shape index (κ1) is 13.6. The van der Waals surface area contributed by atoms with Gasteiger partial charge in [-0.05, 0) is 43.9 Å². The molecule has 102 valence electrons. The second kappa shape index (κ2) is 6.91. The maximum atomic E-state index is 11.6. The van der Waals surface area contributed by atoms with Gasteiger partial charge in [-0.25, -0.2) is 5.43 Å². The van der Waals surface area contributed by atoms with Crippen molar-refractivity contribution in [2.24, 2.45) is 16.9 Å². The number of nitrogens with one attached hydrogen (secondary N) is 1. The molecule has 2 aliphatic carbocycles. The summed E-state index contributed by atoms with van der Waals surface area (Å²) >= 11 is 0. The Bertz CT molecular complexity index is 312. The minimum absolute atomic E-state index is 0.0989. The van der Waals surface area contributed by atoms with E-state index in [-0.39, 0.29) is 5.91 Å². The lowest BCUT2D eigenvalue weighted by atomic mass is 9.99. The number of hydrazone groups is 1. The molecule has 2 fully saturated rings. The van der Waals surface area contributed by atoms with Crippen LogP contribution in [0.5, 0.6) is 0 Å². The van der Waals surface area contributed by atoms with Crippen LogP contribution in [0.4, 0.5) is 0 Å². The van der Waals surface area contributed by atoms with Crippen LogP contribution in [-0.4, -0.2) is 11.6 Å². The third-order valence-corrected chi connectivity index (χ3v) is 4.34. The molecular weight excluding hydrogens is 224 g/mol. The highest BCUT2D eigenvalue weighted by Crippen LogP contribution is 2.42. The Labute approximate surface area is 110 Å². The Kier molecular flexibility index (Phi) is 5.21. The molecule has 0 radical (unpaired) electrons. The average molecular weight is 250 g/mol. The van der Waals surface area contributed by atoms with Gasteiger partial charge in [0.1, 0.15) is 0 Å². The van der Waals surface area contributed by atoms with Crippen molar-refractivity contribution in [3.8, 4) is 0 Å². The van der Waals surface area contributed by atoms with Crippen LogP contribution in [0.2, 0.25) is 0 Å². The van der Waals surface area contributed by atoms with Crippen LogP contribution in [0.3, 0.4) is 0 Å². The van der Waals surface area contributed by atoms with Gasteiger partial charge in [-0.15, -0.1) is 0 Å². The molecule has 3 heteroatoms. The van der Waals surface area contributed by atoms with E-state index in [9.17, 15) is 4.79 Å². The Morgan fingerprint density at radius 1 is 1.28 bits per heavy atom. The number of amides is 1. The van der Waals surface area contributed by atoms with E-state index in [1.54, 1.807) is 0 Å². The summed E-state index contributed by atoms with van der Waals surface area (Å²) in [6.45, 7) is 2.21. The minimum Gasteiger partial charge on any atom is -0.273 e. The number of rotatable bonds is 7. The maximum absolute atomic E-state index is 11.6. The lowest BCUT2D eigenvalue weighted by Gasteiger charge is -2.11. The van der Waals surface area contributed by atoms with Crippen molar-refractivity contribution >= 4 is 11.6 Å². The van der Waals surface area contributed by atoms with Gasteiger partial charge in [0, 0.05) is 12.1 Å². The number of unbranched alkanes of at least 4 members (excludes halogenated alkanes) is 4. The lowest BCUT2D eigenvalue weighted by molar-refractivity contribution is -0.121. The smallest absolute Gasteiger partial charge is 0.240 e. The van der Waals surface area contributed by atoms with Crippen LogP contribution in [0.15, 0.2) is 5.10 Å². The van der Waals surface area contributed by atoms with Gasteiger partial charge in [-0.2, -0.15) is 5.10 Å². The molecule has 2 bridgehead atoms. The van der Waals surface area contributed by atoms with Gasteiger partial charge in [-0.1, -0.05) is 32.6 Å². The van der Waals surface area contributed by atoms with Gasteiger partial charge in [0.2, 0.25) is 5.91 Å². The molecule has 2 rings (SSSR count). The summed E-state index contributed by atoms with van der Waals surface area (Å²) < 4.78 is 0. The van der Waals surface area contributed by atoms with Crippen molar-refractivity contribution in [3.05, 3.63) is 0 Å². The summed E-state index contributed by atoms with van der Waals surface area (Å²) in [5.74, 6) is 1.64. The summed E-state index contributed by atoms with van der Waals surface area (Å²) in [7, 11) is 0. The van der Waals surface area contributed by atoms with Crippen molar-refractivity contribution in [1.29, 1.82) is 0 Å². The molecule has 0 aromatic carbocycles. The molecule has 2 unspecified atom stereocenters. The molecule has 0 aliphatic heterocycles. The summed E-state index contributed by atoms with van der Waals surface area (Å²) in [6.07, 6.45) is 11.7. The molecule has 0 saturated heterocycles. The predicted octanol–water partition coefficient (Wildman–Crippen LogP) is 3.64. The van der Waals surface area contributed by atoms with Gasteiger partial charge in [0.15, 0.2) is 0 Å². The molecule has 1 amide bonds. The summed E-state index contributed by atoms with van der Waals surface area (Å²) in [5, 5.41) is 4.34. The number of hydrogen-bond donors (Lipinski definition) is 1. The van der Waals surface area contributed by atoms with E-state index in [2.05, 4.69) is 17.5 Å². The average Bonchev–Trinajstić information content (AvgIpc) is 2.98. The molecule has 0 spiro atoms. The number of carbonyl (C=O) groups excluding carboxylic acids is 1. The zero-order valence-corrected chi connectivity index (χ0v) is 11.6. The zero-order valence-electron chi connectivity index (χ0n) is 11.6. The normalized spacial score (nSPS) is 27.9. The van der Waals surface area contributed by atoms with Crippen molar-refractivity contribution in [3.63, 3.8) is 0 Å². The van der Waals surface area contributed by atoms with Crippen molar-refractivity contribution < 1.29 is 4.79 Å². The van der Waals surface area contributed by atoms with Gasteiger partial charge in [-0.3, -0.25) is 4.79 Å². The zero-order chi connectivity index (χ0) is 12.8. The van der Waals surface area contributed by atoms with E-state index in [1.807, 2.05) is 0 Å². The third kappa shape index (κ3) is 3.82. The van der Waals surface area contributed by atoms with E-state index in [4.69, 9.17) is 0 Å². The van der Waals surface area contributed by atoms with E-state index in [0.29, 0.717) is 12.3 Å². The molecule has 1 N–H and O–H groups in total. The SMILES string of the molecule is CCCCCCCC(=O)N/N=C1/CC2CCC1C2. The molecule has 18 heavy (non-hydrogen) atoms. The Morgan fingerprint density at radius 3 is 2.78 bits per heavy atom. The summed E-state index contributed by atoms with van der Waals surface area (Å²) in [5.41, 5.74) is 4.00. The first-order valence-electron chi connectivity index (χ1n) is 7.65. The molecule has 2 aliphatic rings. The quantitative estimate of drug-likeness (QED) is 0.544. The number of nitrogens with zero attached hydrogens (tertiary/aromatic N) is 1. The second-order valence-corrected chi connectivity index (χ2v) is 5.88. The fourth-order valence-corrected chi connectivity index (χ4v) is 3.24. The van der Waals surface area contributed by atoms with Crippen LogP contribution in [-0.2, 0) is 4.79 Å². The maximum Gasteiger partial charge on any atom is 0.240 e. The molecule has 2 saturated carbocycles. The van der Waals surface area contributed by atoms with Gasteiger partial charge < -0.3 is 0 Å². The summed E-state index contributed by atoms with van der Waals surface area (Å²) in [6, 6.07) is 0. The number of fused-ring (bicyclic) bond motifs is 2. The van der Waals surface area contributed by atoms with Gasteiger partial charge in [0.25, 0.3) is 0 Å². The van der Waals surface area contributed by atoms with Crippen molar-refractivity contribution in [1.82, 2.24) is 5.43 Å². The van der Waals surface area contributed by atoms with Crippen LogP contribution in [0, 0.1) is 11.8 Å². The van der Waals surface area contributed by atoms with E-state index < -0.39 is 0 Å². The molecule has 0 aromatic heterocycles. The Balaban J connectivity index is 1.59. The van der Waals surface area contributed by atoms with Crippen LogP contribution >= 0.6 is 0 Å². The van der Waals surface area contributed by atoms with Crippen molar-refractivity contribution in [2.45, 2.75) is 71.1 Å². The van der Waals surface area contributed by atoms with Crippen LogP contribution in [0.25, 0.3) is 0 Å². The predicted molar refractivity (Wildman–Crippen MR) is 74.4 cm³/mol. The summed E-state index contributed by atoms with van der Waals surface area (Å²) in [4.78, 5) is 11.6. The largest absolute Gasteiger partial charge is 0.273 e. The molecule has 0 aromatic rings. The van der Waals surface area contributed by atoms with Gasteiger partial charge >= 0.3 is 0 Å². The fraction of sp³-hybridized carbons (Fsp3) is 0.867. The molecule has 0 heterocycles. The first-order valence-corrected chi connectivity index (χ1v) is 7.65. The molecule has 3 nitrogen and oxygen atoms in total. The number of hydrogen-bond acceptors (Lipinski definition) is 2. The lowest BCUT2D eigenvalue weighted by Crippen LogP contribution is -2.21. The van der Waals surface area contributed by atoms with Crippen LogP contribution < -0.4 is 5.43 Å². The van der Waals surface area contributed by atoms with Gasteiger partial charge in [0.05, 0.1) is 0 Å². The van der Waals surface area contributed by atoms with Crippen molar-refractivity contribution in [2.75, 3.05) is 0 Å². The molecular formula is C15H26N2O. The topological polar surface area (TPSA) is 41.5 Å². The monoisotopic (exact) mass is 250 g/mol. The Morgan fingerprint density at radius 2 is 2.11 bits per heavy atom. The van der Waals surface area contributed by atoms with E-state index in [0.717, 1.165) is 18.8 Å². The van der Waals surface area contributed by atoms with Crippen LogP contribution in [0.1, 0.15) is 71.1 Å². The fourth-order valence-electron chi connectivity index (χ4n) is 3.24. The minimum atomic E-state index is 0.0989. The number of carbonyl (C=O) groups is 1.